The van der Waals surface area contributed by atoms with Gasteiger partial charge in [-0.1, -0.05) is 48.4 Å². The molecule has 0 bridgehead atoms. The fourth-order valence-electron chi connectivity index (χ4n) is 5.30. The Morgan fingerprint density at radius 3 is 2.50 bits per heavy atom. The fraction of sp³-hybridized carbons (Fsp3) is 0.458. The smallest absolute Gasteiger partial charge is 0.238 e. The Hall–Kier alpha value is -1.84. The van der Waals surface area contributed by atoms with Gasteiger partial charge in [0.05, 0.1) is 5.41 Å². The van der Waals surface area contributed by atoms with E-state index in [1.165, 1.54) is 43.5 Å². The molecule has 1 amide bonds. The minimum absolute atomic E-state index is 0.269. The van der Waals surface area contributed by atoms with Crippen molar-refractivity contribution in [3.63, 3.8) is 0 Å². The number of anilines is 1. The number of fused-ring (bicyclic) bond motifs is 2. The zero-order valence-corrected chi connectivity index (χ0v) is 17.0. The van der Waals surface area contributed by atoms with Crippen LogP contribution in [0, 0.1) is 0 Å². The first kappa shape index (κ1) is 18.2. The van der Waals surface area contributed by atoms with Gasteiger partial charge in [-0.25, -0.2) is 0 Å². The van der Waals surface area contributed by atoms with Crippen molar-refractivity contribution in [3.8, 4) is 0 Å². The van der Waals surface area contributed by atoms with E-state index in [1.807, 2.05) is 12.1 Å². The molecule has 5 rings (SSSR count). The number of carbonyl (C=O) groups excluding carboxylic acids is 1. The van der Waals surface area contributed by atoms with Crippen LogP contribution in [-0.2, 0) is 10.2 Å². The average Bonchev–Trinajstić information content (AvgIpc) is 3.44. The summed E-state index contributed by atoms with van der Waals surface area (Å²) in [6, 6.07) is 16.4. The minimum Gasteiger partial charge on any atom is -0.311 e. The topological polar surface area (TPSA) is 23.6 Å². The van der Waals surface area contributed by atoms with Gasteiger partial charge in [0.1, 0.15) is 0 Å². The van der Waals surface area contributed by atoms with Gasteiger partial charge in [0, 0.05) is 23.2 Å². The number of nitrogens with zero attached hydrogens (tertiary/aromatic N) is 2. The first-order chi connectivity index (χ1) is 13.7. The predicted octanol–water partition coefficient (Wildman–Crippen LogP) is 4.99. The van der Waals surface area contributed by atoms with Crippen molar-refractivity contribution in [2.45, 2.75) is 43.4 Å². The first-order valence-electron chi connectivity index (χ1n) is 10.6. The SMILES string of the molecule is O=C1N(CCCN2CCCCC2)c2ccccc2[C@@]12C[C@@H]2c1ccc(Cl)cc1. The molecule has 28 heavy (non-hydrogen) atoms. The molecule has 0 N–H and O–H groups in total. The molecule has 2 fully saturated rings. The Kier molecular flexibility index (Phi) is 4.68. The van der Waals surface area contributed by atoms with Gasteiger partial charge in [-0.3, -0.25) is 4.79 Å². The Labute approximate surface area is 172 Å². The standard InChI is InChI=1S/C24H27ClN2O/c25-19-11-9-18(10-12-19)21-17-24(21)20-7-2-3-8-22(20)27(23(24)28)16-6-15-26-13-4-1-5-14-26/h2-3,7-12,21H,1,4-6,13-17H2/t21-,24-/m1/s1. The molecule has 0 unspecified atom stereocenters. The maximum atomic E-state index is 13.6. The number of hydrogen-bond acceptors (Lipinski definition) is 2. The number of para-hydroxylation sites is 1. The van der Waals surface area contributed by atoms with Crippen LogP contribution in [0.5, 0.6) is 0 Å². The lowest BCUT2D eigenvalue weighted by atomic mass is 9.92. The number of likely N-dealkylation sites (tertiary alicyclic amines) is 1. The number of rotatable bonds is 5. The lowest BCUT2D eigenvalue weighted by Gasteiger charge is -2.27. The molecule has 2 aliphatic heterocycles. The van der Waals surface area contributed by atoms with E-state index >= 15 is 0 Å². The molecule has 1 saturated carbocycles. The van der Waals surface area contributed by atoms with Crippen molar-refractivity contribution in [2.75, 3.05) is 31.1 Å². The number of piperidine rings is 1. The second-order valence-electron chi connectivity index (χ2n) is 8.51. The molecule has 2 atom stereocenters. The van der Waals surface area contributed by atoms with Crippen LogP contribution in [0.2, 0.25) is 5.02 Å². The molecule has 1 saturated heterocycles. The van der Waals surface area contributed by atoms with E-state index in [2.05, 4.69) is 46.2 Å². The van der Waals surface area contributed by atoms with Crippen LogP contribution in [0.4, 0.5) is 5.69 Å². The van der Waals surface area contributed by atoms with Gasteiger partial charge in [0.2, 0.25) is 5.91 Å². The van der Waals surface area contributed by atoms with E-state index in [0.717, 1.165) is 36.6 Å². The van der Waals surface area contributed by atoms with Gasteiger partial charge in [-0.05, 0) is 74.6 Å². The minimum atomic E-state index is -0.352. The van der Waals surface area contributed by atoms with Crippen molar-refractivity contribution < 1.29 is 4.79 Å². The van der Waals surface area contributed by atoms with Crippen LogP contribution in [0.1, 0.15) is 49.1 Å². The van der Waals surface area contributed by atoms with Crippen molar-refractivity contribution >= 4 is 23.2 Å². The molecule has 2 aromatic rings. The number of benzene rings is 2. The number of halogens is 1. The summed E-state index contributed by atoms with van der Waals surface area (Å²) in [7, 11) is 0. The quantitative estimate of drug-likeness (QED) is 0.713. The van der Waals surface area contributed by atoms with Gasteiger partial charge in [0.25, 0.3) is 0 Å². The summed E-state index contributed by atoms with van der Waals surface area (Å²) in [5.74, 6) is 0.567. The third-order valence-corrected chi connectivity index (χ3v) is 7.09. The molecule has 1 spiro atoms. The molecule has 4 heteroatoms. The lowest BCUT2D eigenvalue weighted by Crippen LogP contribution is -2.36. The Morgan fingerprint density at radius 2 is 1.71 bits per heavy atom. The van der Waals surface area contributed by atoms with Crippen LogP contribution < -0.4 is 4.90 Å². The highest BCUT2D eigenvalue weighted by Gasteiger charge is 2.66. The highest BCUT2D eigenvalue weighted by molar-refractivity contribution is 6.30. The van der Waals surface area contributed by atoms with Crippen LogP contribution in [0.3, 0.4) is 0 Å². The predicted molar refractivity (Wildman–Crippen MR) is 114 cm³/mol. The van der Waals surface area contributed by atoms with Gasteiger partial charge in [0.15, 0.2) is 0 Å². The van der Waals surface area contributed by atoms with E-state index in [0.29, 0.717) is 5.91 Å². The molecule has 3 nitrogen and oxygen atoms in total. The van der Waals surface area contributed by atoms with Crippen LogP contribution in [0.25, 0.3) is 0 Å². The Balaban J connectivity index is 1.35. The van der Waals surface area contributed by atoms with Crippen molar-refractivity contribution in [2.24, 2.45) is 0 Å². The highest BCUT2D eigenvalue weighted by Crippen LogP contribution is 2.66. The summed E-state index contributed by atoms with van der Waals surface area (Å²) in [6.07, 6.45) is 5.95. The summed E-state index contributed by atoms with van der Waals surface area (Å²) >= 11 is 6.06. The fourth-order valence-corrected chi connectivity index (χ4v) is 5.43. The Bertz CT molecular complexity index is 874. The maximum Gasteiger partial charge on any atom is 0.238 e. The summed E-state index contributed by atoms with van der Waals surface area (Å²) in [6.45, 7) is 4.35. The average molecular weight is 395 g/mol. The van der Waals surface area contributed by atoms with Gasteiger partial charge < -0.3 is 9.80 Å². The van der Waals surface area contributed by atoms with Crippen LogP contribution >= 0.6 is 11.6 Å². The molecular formula is C24H27ClN2O. The second kappa shape index (κ2) is 7.20. The number of hydrogen-bond donors (Lipinski definition) is 0. The molecule has 1 aliphatic carbocycles. The van der Waals surface area contributed by atoms with E-state index < -0.39 is 0 Å². The largest absolute Gasteiger partial charge is 0.311 e. The van der Waals surface area contributed by atoms with E-state index in [4.69, 9.17) is 11.6 Å². The van der Waals surface area contributed by atoms with E-state index in [1.54, 1.807) is 0 Å². The molecule has 146 valence electrons. The molecule has 0 aromatic heterocycles. The van der Waals surface area contributed by atoms with Crippen molar-refractivity contribution in [3.05, 3.63) is 64.7 Å². The molecule has 2 aromatic carbocycles. The summed E-state index contributed by atoms with van der Waals surface area (Å²) in [4.78, 5) is 18.2. The van der Waals surface area contributed by atoms with E-state index in [9.17, 15) is 4.79 Å². The third kappa shape index (κ3) is 2.96. The zero-order valence-electron chi connectivity index (χ0n) is 16.2. The molecular weight excluding hydrogens is 368 g/mol. The third-order valence-electron chi connectivity index (χ3n) is 6.84. The van der Waals surface area contributed by atoms with Gasteiger partial charge in [-0.15, -0.1) is 0 Å². The monoisotopic (exact) mass is 394 g/mol. The molecule has 3 aliphatic rings. The van der Waals surface area contributed by atoms with E-state index in [-0.39, 0.29) is 11.3 Å². The number of amides is 1. The maximum absolute atomic E-state index is 13.6. The van der Waals surface area contributed by atoms with Crippen molar-refractivity contribution in [1.82, 2.24) is 4.90 Å². The van der Waals surface area contributed by atoms with Crippen LogP contribution in [0.15, 0.2) is 48.5 Å². The number of carbonyl (C=O) groups is 1. The summed E-state index contributed by atoms with van der Waals surface area (Å²) < 4.78 is 0. The second-order valence-corrected chi connectivity index (χ2v) is 8.95. The summed E-state index contributed by atoms with van der Waals surface area (Å²) in [5.41, 5.74) is 3.22. The van der Waals surface area contributed by atoms with Gasteiger partial charge in [-0.2, -0.15) is 0 Å². The van der Waals surface area contributed by atoms with Crippen LogP contribution in [-0.4, -0.2) is 37.0 Å². The first-order valence-corrected chi connectivity index (χ1v) is 11.0. The highest BCUT2D eigenvalue weighted by atomic mass is 35.5. The molecule has 2 heterocycles. The lowest BCUT2D eigenvalue weighted by molar-refractivity contribution is -0.120. The summed E-state index contributed by atoms with van der Waals surface area (Å²) in [5, 5.41) is 0.746. The van der Waals surface area contributed by atoms with Gasteiger partial charge >= 0.3 is 0 Å². The Morgan fingerprint density at radius 1 is 0.964 bits per heavy atom. The van der Waals surface area contributed by atoms with Crippen molar-refractivity contribution in [1.29, 1.82) is 0 Å². The normalized spacial score (nSPS) is 26.7. The molecule has 0 radical (unpaired) electrons. The zero-order chi connectivity index (χ0) is 19.1.